The summed E-state index contributed by atoms with van der Waals surface area (Å²) in [6.07, 6.45) is 0. The van der Waals surface area contributed by atoms with Gasteiger partial charge in [-0.3, -0.25) is 4.21 Å². The van der Waals surface area contributed by atoms with E-state index < -0.39 is 16.6 Å². The van der Waals surface area contributed by atoms with E-state index in [0.717, 1.165) is 0 Å². The monoisotopic (exact) mass is 271 g/mol. The molecule has 98 valence electrons. The Morgan fingerprint density at radius 3 is 2.72 bits per heavy atom. The predicted molar refractivity (Wildman–Crippen MR) is 69.0 cm³/mol. The van der Waals surface area contributed by atoms with Gasteiger partial charge in [-0.15, -0.1) is 0 Å². The fourth-order valence-corrected chi connectivity index (χ4v) is 2.97. The van der Waals surface area contributed by atoms with E-state index in [1.54, 1.807) is 6.07 Å². The van der Waals surface area contributed by atoms with E-state index in [9.17, 15) is 8.60 Å². The number of halogens is 1. The number of nitrogens with zero attached hydrogens (tertiary/aromatic N) is 2. The van der Waals surface area contributed by atoms with Gasteiger partial charge in [0.25, 0.3) is 0 Å². The van der Waals surface area contributed by atoms with Gasteiger partial charge in [0, 0.05) is 46.6 Å². The first-order valence-corrected chi connectivity index (χ1v) is 6.98. The zero-order valence-corrected chi connectivity index (χ0v) is 10.5. The zero-order valence-electron chi connectivity index (χ0n) is 9.67. The summed E-state index contributed by atoms with van der Waals surface area (Å²) < 4.78 is 24.5. The minimum Gasteiger partial charge on any atom is -0.409 e. The first-order valence-electron chi connectivity index (χ1n) is 5.49. The summed E-state index contributed by atoms with van der Waals surface area (Å²) in [5.41, 5.74) is 6.59. The van der Waals surface area contributed by atoms with Gasteiger partial charge < -0.3 is 15.8 Å². The highest BCUT2D eigenvalue weighted by Gasteiger charge is 2.19. The lowest BCUT2D eigenvalue weighted by Crippen LogP contribution is -2.38. The van der Waals surface area contributed by atoms with Gasteiger partial charge in [0.1, 0.15) is 5.82 Å². The van der Waals surface area contributed by atoms with Crippen LogP contribution in [-0.2, 0) is 10.8 Å². The van der Waals surface area contributed by atoms with E-state index in [1.165, 1.54) is 12.1 Å². The molecule has 3 N–H and O–H groups in total. The number of amidine groups is 1. The minimum absolute atomic E-state index is 0.129. The maximum atomic E-state index is 13.2. The van der Waals surface area contributed by atoms with Gasteiger partial charge in [-0.25, -0.2) is 4.39 Å². The Balaban J connectivity index is 2.35. The van der Waals surface area contributed by atoms with Crippen molar-refractivity contribution < 1.29 is 13.8 Å². The summed E-state index contributed by atoms with van der Waals surface area (Å²) in [5.74, 6) is 0.581. The number of hydrogen-bond acceptors (Lipinski definition) is 4. The molecule has 5 nitrogen and oxygen atoms in total. The molecule has 18 heavy (non-hydrogen) atoms. The van der Waals surface area contributed by atoms with E-state index in [2.05, 4.69) is 5.16 Å². The van der Waals surface area contributed by atoms with Gasteiger partial charge >= 0.3 is 0 Å². The minimum atomic E-state index is -0.785. The third-order valence-electron chi connectivity index (χ3n) is 2.86. The highest BCUT2D eigenvalue weighted by atomic mass is 32.2. The van der Waals surface area contributed by atoms with Crippen LogP contribution in [0.2, 0.25) is 0 Å². The number of hydrogen-bond donors (Lipinski definition) is 2. The molecule has 1 aliphatic rings. The van der Waals surface area contributed by atoms with Crippen LogP contribution in [0.15, 0.2) is 23.4 Å². The largest absolute Gasteiger partial charge is 0.409 e. The summed E-state index contributed by atoms with van der Waals surface area (Å²) in [6.45, 7) is 1.23. The van der Waals surface area contributed by atoms with Crippen molar-refractivity contribution in [3.63, 3.8) is 0 Å². The standard InChI is InChI=1S/C11H14FN3O2S/c12-8-1-2-10(9(7-8)11(13)14-16)15-3-5-18(17)6-4-15/h1-2,7,16H,3-6H2,(H2,13,14). The summed E-state index contributed by atoms with van der Waals surface area (Å²) in [4.78, 5) is 1.97. The van der Waals surface area contributed by atoms with E-state index in [-0.39, 0.29) is 5.84 Å². The van der Waals surface area contributed by atoms with Crippen LogP contribution in [0, 0.1) is 5.82 Å². The van der Waals surface area contributed by atoms with Crippen molar-refractivity contribution in [3.05, 3.63) is 29.6 Å². The smallest absolute Gasteiger partial charge is 0.172 e. The van der Waals surface area contributed by atoms with Crippen molar-refractivity contribution >= 4 is 22.3 Å². The lowest BCUT2D eigenvalue weighted by atomic mass is 10.1. The van der Waals surface area contributed by atoms with Crippen LogP contribution in [0.3, 0.4) is 0 Å². The topological polar surface area (TPSA) is 78.9 Å². The molecule has 1 aliphatic heterocycles. The molecule has 1 aromatic carbocycles. The van der Waals surface area contributed by atoms with Gasteiger partial charge in [0.05, 0.1) is 0 Å². The van der Waals surface area contributed by atoms with Gasteiger partial charge in [0.2, 0.25) is 0 Å². The Labute approximate surface area is 107 Å². The highest BCUT2D eigenvalue weighted by Crippen LogP contribution is 2.23. The van der Waals surface area contributed by atoms with Crippen LogP contribution in [-0.4, -0.2) is 39.8 Å². The van der Waals surface area contributed by atoms with Gasteiger partial charge in [0.15, 0.2) is 5.84 Å². The number of benzene rings is 1. The van der Waals surface area contributed by atoms with Crippen molar-refractivity contribution in [1.29, 1.82) is 0 Å². The maximum Gasteiger partial charge on any atom is 0.172 e. The molecule has 1 fully saturated rings. The Morgan fingerprint density at radius 1 is 1.44 bits per heavy atom. The maximum absolute atomic E-state index is 13.2. The average Bonchev–Trinajstić information content (AvgIpc) is 2.39. The second-order valence-corrected chi connectivity index (χ2v) is 5.68. The Hall–Kier alpha value is -1.63. The summed E-state index contributed by atoms with van der Waals surface area (Å²) >= 11 is 0. The second-order valence-electron chi connectivity index (χ2n) is 3.98. The lowest BCUT2D eigenvalue weighted by Gasteiger charge is -2.30. The van der Waals surface area contributed by atoms with Crippen LogP contribution in [0.1, 0.15) is 5.56 Å². The molecule has 0 saturated carbocycles. The quantitative estimate of drug-likeness (QED) is 0.355. The fraction of sp³-hybridized carbons (Fsp3) is 0.364. The van der Waals surface area contributed by atoms with E-state index >= 15 is 0 Å². The summed E-state index contributed by atoms with van der Waals surface area (Å²) in [5, 5.41) is 11.6. The molecular weight excluding hydrogens is 257 g/mol. The first-order chi connectivity index (χ1) is 8.61. The molecule has 0 bridgehead atoms. The van der Waals surface area contributed by atoms with Crippen LogP contribution in [0.4, 0.5) is 10.1 Å². The van der Waals surface area contributed by atoms with Crippen molar-refractivity contribution in [2.75, 3.05) is 29.5 Å². The molecule has 0 radical (unpaired) electrons. The third kappa shape index (κ3) is 2.61. The third-order valence-corrected chi connectivity index (χ3v) is 4.14. The molecular formula is C11H14FN3O2S. The number of nitrogens with two attached hydrogens (primary N) is 1. The molecule has 1 saturated heterocycles. The van der Waals surface area contributed by atoms with Gasteiger partial charge in [-0.2, -0.15) is 0 Å². The molecule has 0 unspecified atom stereocenters. The number of anilines is 1. The normalized spacial score (nSPS) is 18.1. The Morgan fingerprint density at radius 2 is 2.11 bits per heavy atom. The molecule has 0 aliphatic carbocycles. The molecule has 1 heterocycles. The van der Waals surface area contributed by atoms with Crippen LogP contribution >= 0.6 is 0 Å². The van der Waals surface area contributed by atoms with Gasteiger partial charge in [-0.1, -0.05) is 5.16 Å². The van der Waals surface area contributed by atoms with Crippen LogP contribution in [0.5, 0.6) is 0 Å². The number of rotatable bonds is 2. The highest BCUT2D eigenvalue weighted by molar-refractivity contribution is 7.85. The predicted octanol–water partition coefficient (Wildman–Crippen LogP) is 0.489. The zero-order chi connectivity index (χ0) is 13.1. The van der Waals surface area contributed by atoms with Crippen LogP contribution in [0.25, 0.3) is 0 Å². The summed E-state index contributed by atoms with van der Waals surface area (Å²) in [7, 11) is -0.785. The molecule has 0 atom stereocenters. The van der Waals surface area contributed by atoms with E-state index in [4.69, 9.17) is 10.9 Å². The van der Waals surface area contributed by atoms with Gasteiger partial charge in [-0.05, 0) is 18.2 Å². The molecule has 1 aromatic rings. The molecule has 2 rings (SSSR count). The Kier molecular flexibility index (Phi) is 3.81. The van der Waals surface area contributed by atoms with E-state index in [1.807, 2.05) is 4.90 Å². The Bertz CT molecular complexity index is 497. The molecule has 0 spiro atoms. The second kappa shape index (κ2) is 5.34. The summed E-state index contributed by atoms with van der Waals surface area (Å²) in [6, 6.07) is 4.15. The molecule has 0 aromatic heterocycles. The van der Waals surface area contributed by atoms with Crippen LogP contribution < -0.4 is 10.6 Å². The molecule has 7 heteroatoms. The van der Waals surface area contributed by atoms with Crippen molar-refractivity contribution in [1.82, 2.24) is 0 Å². The first kappa shape index (κ1) is 12.8. The molecule has 0 amide bonds. The SMILES string of the molecule is NC(=NO)c1cc(F)ccc1N1CCS(=O)CC1. The van der Waals surface area contributed by atoms with Crippen molar-refractivity contribution in [2.24, 2.45) is 10.9 Å². The number of oxime groups is 1. The average molecular weight is 271 g/mol. The van der Waals surface area contributed by atoms with Crippen molar-refractivity contribution in [2.45, 2.75) is 0 Å². The van der Waals surface area contributed by atoms with E-state index in [0.29, 0.717) is 35.8 Å². The fourth-order valence-electron chi connectivity index (χ4n) is 1.92. The van der Waals surface area contributed by atoms with Crippen molar-refractivity contribution in [3.8, 4) is 0 Å². The lowest BCUT2D eigenvalue weighted by molar-refractivity contribution is 0.318.